The third kappa shape index (κ3) is 2.43. The smallest absolute Gasteiger partial charge is 0.265 e. The molecule has 1 amide bonds. The molecule has 4 heteroatoms. The van der Waals surface area contributed by atoms with Gasteiger partial charge < -0.3 is 4.90 Å². The number of hydrogen-bond donors (Lipinski definition) is 0. The number of aryl methyl sites for hydroxylation is 2. The standard InChI is InChI=1S/C14H16N2OS/c1-9-5-6-11(10(2)7-9)13-15-8-12(18-13)14(17)16(3)4/h5-8H,1-4H3. The van der Waals surface area contributed by atoms with Gasteiger partial charge in [0.15, 0.2) is 0 Å². The van der Waals surface area contributed by atoms with Crippen LogP contribution in [0.1, 0.15) is 20.8 Å². The van der Waals surface area contributed by atoms with Crippen molar-refractivity contribution in [3.63, 3.8) is 0 Å². The Kier molecular flexibility index (Phi) is 3.48. The van der Waals surface area contributed by atoms with Crippen molar-refractivity contribution in [1.82, 2.24) is 9.88 Å². The largest absolute Gasteiger partial charge is 0.344 e. The van der Waals surface area contributed by atoms with E-state index in [-0.39, 0.29) is 5.91 Å². The molecule has 18 heavy (non-hydrogen) atoms. The molecule has 0 saturated heterocycles. The first-order valence-electron chi connectivity index (χ1n) is 5.74. The highest BCUT2D eigenvalue weighted by Crippen LogP contribution is 2.28. The van der Waals surface area contributed by atoms with Crippen LogP contribution in [0.4, 0.5) is 0 Å². The Hall–Kier alpha value is -1.68. The van der Waals surface area contributed by atoms with Crippen LogP contribution in [-0.4, -0.2) is 29.9 Å². The summed E-state index contributed by atoms with van der Waals surface area (Å²) < 4.78 is 0. The predicted molar refractivity (Wildman–Crippen MR) is 75.0 cm³/mol. The van der Waals surface area contributed by atoms with Crippen LogP contribution in [0.15, 0.2) is 24.4 Å². The van der Waals surface area contributed by atoms with Crippen molar-refractivity contribution in [2.75, 3.05) is 14.1 Å². The van der Waals surface area contributed by atoms with Crippen molar-refractivity contribution in [2.24, 2.45) is 0 Å². The summed E-state index contributed by atoms with van der Waals surface area (Å²) in [7, 11) is 3.50. The van der Waals surface area contributed by atoms with Gasteiger partial charge in [-0.15, -0.1) is 11.3 Å². The van der Waals surface area contributed by atoms with Gasteiger partial charge in [0, 0.05) is 19.7 Å². The zero-order valence-electron chi connectivity index (χ0n) is 11.0. The summed E-state index contributed by atoms with van der Waals surface area (Å²) in [5.74, 6) is 0.00325. The first kappa shape index (κ1) is 12.8. The average Bonchev–Trinajstić information content (AvgIpc) is 2.77. The van der Waals surface area contributed by atoms with Crippen molar-refractivity contribution < 1.29 is 4.79 Å². The van der Waals surface area contributed by atoms with Gasteiger partial charge in [0.05, 0.1) is 6.20 Å². The molecule has 0 fully saturated rings. The maximum atomic E-state index is 11.8. The molecule has 0 radical (unpaired) electrons. The summed E-state index contributed by atoms with van der Waals surface area (Å²) in [6, 6.07) is 6.26. The highest BCUT2D eigenvalue weighted by atomic mass is 32.1. The van der Waals surface area contributed by atoms with Crippen LogP contribution in [0.25, 0.3) is 10.6 Å². The molecule has 0 N–H and O–H groups in total. The summed E-state index contributed by atoms with van der Waals surface area (Å²) >= 11 is 1.44. The summed E-state index contributed by atoms with van der Waals surface area (Å²) in [5, 5.41) is 0.901. The molecule has 0 spiro atoms. The van der Waals surface area contributed by atoms with Crippen molar-refractivity contribution in [3.05, 3.63) is 40.4 Å². The molecule has 1 aromatic heterocycles. The van der Waals surface area contributed by atoms with E-state index >= 15 is 0 Å². The van der Waals surface area contributed by atoms with E-state index in [2.05, 4.69) is 37.0 Å². The minimum absolute atomic E-state index is 0.00325. The molecule has 0 aliphatic rings. The Balaban J connectivity index is 2.38. The lowest BCUT2D eigenvalue weighted by atomic mass is 10.1. The summed E-state index contributed by atoms with van der Waals surface area (Å²) in [6.07, 6.45) is 1.65. The van der Waals surface area contributed by atoms with Crippen molar-refractivity contribution >= 4 is 17.2 Å². The van der Waals surface area contributed by atoms with Gasteiger partial charge in [-0.2, -0.15) is 0 Å². The van der Waals surface area contributed by atoms with Crippen LogP contribution in [0.2, 0.25) is 0 Å². The quantitative estimate of drug-likeness (QED) is 0.831. The maximum Gasteiger partial charge on any atom is 0.265 e. The molecule has 2 rings (SSSR count). The maximum absolute atomic E-state index is 11.8. The van der Waals surface area contributed by atoms with Gasteiger partial charge in [-0.05, 0) is 19.4 Å². The third-order valence-electron chi connectivity index (χ3n) is 2.73. The fraction of sp³-hybridized carbons (Fsp3) is 0.286. The SMILES string of the molecule is Cc1ccc(-c2ncc(C(=O)N(C)C)s2)c(C)c1. The Labute approximate surface area is 111 Å². The lowest BCUT2D eigenvalue weighted by Gasteiger charge is -2.06. The average molecular weight is 260 g/mol. The number of nitrogens with zero attached hydrogens (tertiary/aromatic N) is 2. The second kappa shape index (κ2) is 4.90. The third-order valence-corrected chi connectivity index (χ3v) is 3.75. The number of thiazole rings is 1. The van der Waals surface area contributed by atoms with Gasteiger partial charge in [-0.1, -0.05) is 23.8 Å². The molecule has 0 saturated carbocycles. The van der Waals surface area contributed by atoms with E-state index in [0.717, 1.165) is 10.6 Å². The molecule has 94 valence electrons. The summed E-state index contributed by atoms with van der Waals surface area (Å²) in [5.41, 5.74) is 3.52. The predicted octanol–water partition coefficient (Wildman–Crippen LogP) is 3.13. The first-order chi connectivity index (χ1) is 8.49. The molecule has 2 aromatic rings. The van der Waals surface area contributed by atoms with Crippen LogP contribution < -0.4 is 0 Å². The van der Waals surface area contributed by atoms with Crippen LogP contribution >= 0.6 is 11.3 Å². The Bertz CT molecular complexity index is 587. The number of benzene rings is 1. The molecule has 0 aliphatic heterocycles. The van der Waals surface area contributed by atoms with Crippen LogP contribution in [0.5, 0.6) is 0 Å². The lowest BCUT2D eigenvalue weighted by Crippen LogP contribution is -2.20. The van der Waals surface area contributed by atoms with Gasteiger partial charge in [0.1, 0.15) is 9.88 Å². The number of hydrogen-bond acceptors (Lipinski definition) is 3. The minimum Gasteiger partial charge on any atom is -0.344 e. The van der Waals surface area contributed by atoms with Gasteiger partial charge in [-0.25, -0.2) is 4.98 Å². The first-order valence-corrected chi connectivity index (χ1v) is 6.56. The molecular formula is C14H16N2OS. The van der Waals surface area contributed by atoms with Crippen LogP contribution in [-0.2, 0) is 0 Å². The summed E-state index contributed by atoms with van der Waals surface area (Å²) in [6.45, 7) is 4.14. The van der Waals surface area contributed by atoms with Gasteiger partial charge >= 0.3 is 0 Å². The zero-order chi connectivity index (χ0) is 13.3. The van der Waals surface area contributed by atoms with E-state index in [1.165, 1.54) is 22.5 Å². The number of carbonyl (C=O) groups excluding carboxylic acids is 1. The van der Waals surface area contributed by atoms with E-state index in [0.29, 0.717) is 4.88 Å². The highest BCUT2D eigenvalue weighted by Gasteiger charge is 2.14. The van der Waals surface area contributed by atoms with Crippen molar-refractivity contribution in [1.29, 1.82) is 0 Å². The van der Waals surface area contributed by atoms with E-state index in [4.69, 9.17) is 0 Å². The monoisotopic (exact) mass is 260 g/mol. The molecule has 1 heterocycles. The van der Waals surface area contributed by atoms with E-state index < -0.39 is 0 Å². The molecule has 1 aromatic carbocycles. The number of rotatable bonds is 2. The van der Waals surface area contributed by atoms with Crippen LogP contribution in [0.3, 0.4) is 0 Å². The summed E-state index contributed by atoms with van der Waals surface area (Å²) in [4.78, 5) is 18.4. The lowest BCUT2D eigenvalue weighted by molar-refractivity contribution is 0.0832. The molecule has 3 nitrogen and oxygen atoms in total. The molecule has 0 unspecified atom stereocenters. The minimum atomic E-state index is 0.00325. The fourth-order valence-electron chi connectivity index (χ4n) is 1.77. The molecule has 0 aliphatic carbocycles. The molecule has 0 bridgehead atoms. The Morgan fingerprint density at radius 2 is 2.00 bits per heavy atom. The van der Waals surface area contributed by atoms with Crippen LogP contribution in [0, 0.1) is 13.8 Å². The molecular weight excluding hydrogens is 244 g/mol. The second-order valence-corrected chi connectivity index (χ2v) is 5.58. The normalized spacial score (nSPS) is 10.4. The highest BCUT2D eigenvalue weighted by molar-refractivity contribution is 7.16. The fourth-order valence-corrected chi connectivity index (χ4v) is 2.80. The number of amides is 1. The van der Waals surface area contributed by atoms with Gasteiger partial charge in [0.2, 0.25) is 0 Å². The van der Waals surface area contributed by atoms with E-state index in [9.17, 15) is 4.79 Å². The Morgan fingerprint density at radius 1 is 1.28 bits per heavy atom. The molecule has 0 atom stereocenters. The van der Waals surface area contributed by atoms with E-state index in [1.807, 2.05) is 0 Å². The topological polar surface area (TPSA) is 33.2 Å². The number of aromatic nitrogens is 1. The second-order valence-electron chi connectivity index (χ2n) is 4.55. The van der Waals surface area contributed by atoms with Crippen molar-refractivity contribution in [2.45, 2.75) is 13.8 Å². The number of carbonyl (C=O) groups is 1. The van der Waals surface area contributed by atoms with Gasteiger partial charge in [0.25, 0.3) is 5.91 Å². The van der Waals surface area contributed by atoms with Crippen molar-refractivity contribution in [3.8, 4) is 10.6 Å². The zero-order valence-corrected chi connectivity index (χ0v) is 11.8. The van der Waals surface area contributed by atoms with Gasteiger partial charge in [-0.3, -0.25) is 4.79 Å². The Morgan fingerprint density at radius 3 is 2.61 bits per heavy atom. The van der Waals surface area contributed by atoms with E-state index in [1.54, 1.807) is 25.2 Å².